The Morgan fingerprint density at radius 3 is 2.50 bits per heavy atom. The van der Waals surface area contributed by atoms with Crippen LogP contribution in [0.25, 0.3) is 0 Å². The largest absolute Gasteiger partial charge is 0.0952 e. The predicted molar refractivity (Wildman–Crippen MR) is 65.5 cm³/mol. The summed E-state index contributed by atoms with van der Waals surface area (Å²) in [5.74, 6) is 0.751. The van der Waals surface area contributed by atoms with Crippen molar-refractivity contribution in [2.24, 2.45) is 5.92 Å². The maximum Gasteiger partial charge on any atom is 0.0118 e. The normalized spacial score (nSPS) is 12.1. The highest BCUT2D eigenvalue weighted by atomic mass is 32.2. The van der Waals surface area contributed by atoms with Crippen LogP contribution in [0.3, 0.4) is 0 Å². The van der Waals surface area contributed by atoms with Crippen molar-refractivity contribution in [2.75, 3.05) is 0 Å². The maximum atomic E-state index is 2.32. The second-order valence-electron chi connectivity index (χ2n) is 3.86. The molecule has 0 heterocycles. The van der Waals surface area contributed by atoms with Gasteiger partial charge in [0.15, 0.2) is 0 Å². The van der Waals surface area contributed by atoms with Crippen molar-refractivity contribution in [3.63, 3.8) is 0 Å². The zero-order valence-corrected chi connectivity index (χ0v) is 9.97. The molecule has 0 nitrogen and oxygen atoms in total. The van der Waals surface area contributed by atoms with E-state index in [0.717, 1.165) is 5.92 Å². The molecule has 0 aliphatic rings. The molecule has 0 aliphatic carbocycles. The Balaban J connectivity index is 2.49. The third-order valence-corrected chi connectivity index (χ3v) is 2.90. The van der Waals surface area contributed by atoms with Crippen molar-refractivity contribution in [3.8, 4) is 0 Å². The minimum atomic E-state index is 0.751. The van der Waals surface area contributed by atoms with E-state index >= 15 is 0 Å². The fourth-order valence-corrected chi connectivity index (χ4v) is 1.96. The van der Waals surface area contributed by atoms with E-state index in [1.807, 2.05) is 11.8 Å². The average Bonchev–Trinajstić information content (AvgIpc) is 2.16. The third-order valence-electron chi connectivity index (χ3n) is 1.90. The molecular formula is C13H18S. The summed E-state index contributed by atoms with van der Waals surface area (Å²) in [5.41, 5.74) is 0. The van der Waals surface area contributed by atoms with Gasteiger partial charge in [0.05, 0.1) is 0 Å². The number of allylic oxidation sites excluding steroid dienone is 2. The van der Waals surface area contributed by atoms with Crippen LogP contribution in [-0.4, -0.2) is 0 Å². The Morgan fingerprint density at radius 2 is 1.93 bits per heavy atom. The van der Waals surface area contributed by atoms with Gasteiger partial charge in [-0.05, 0) is 36.3 Å². The summed E-state index contributed by atoms with van der Waals surface area (Å²) >= 11 is 1.85. The lowest BCUT2D eigenvalue weighted by Gasteiger charge is -2.03. The lowest BCUT2D eigenvalue weighted by Crippen LogP contribution is -1.82. The Kier molecular flexibility index (Phi) is 4.81. The van der Waals surface area contributed by atoms with Crippen molar-refractivity contribution < 1.29 is 0 Å². The first-order valence-corrected chi connectivity index (χ1v) is 5.90. The van der Waals surface area contributed by atoms with E-state index in [9.17, 15) is 0 Å². The highest BCUT2D eigenvalue weighted by Gasteiger charge is 1.95. The molecule has 0 N–H and O–H groups in total. The van der Waals surface area contributed by atoms with Crippen LogP contribution < -0.4 is 0 Å². The summed E-state index contributed by atoms with van der Waals surface area (Å²) in [7, 11) is 0. The van der Waals surface area contributed by atoms with Gasteiger partial charge in [0.25, 0.3) is 0 Å². The zero-order valence-electron chi connectivity index (χ0n) is 9.16. The molecule has 0 spiro atoms. The van der Waals surface area contributed by atoms with Gasteiger partial charge in [0.2, 0.25) is 0 Å². The monoisotopic (exact) mass is 206 g/mol. The van der Waals surface area contributed by atoms with Crippen LogP contribution in [0.2, 0.25) is 0 Å². The average molecular weight is 206 g/mol. The first-order valence-electron chi connectivity index (χ1n) is 5.08. The first kappa shape index (κ1) is 11.4. The van der Waals surface area contributed by atoms with Gasteiger partial charge in [-0.15, -0.1) is 0 Å². The van der Waals surface area contributed by atoms with Crippen LogP contribution in [0.4, 0.5) is 0 Å². The zero-order chi connectivity index (χ0) is 10.4. The van der Waals surface area contributed by atoms with E-state index in [1.165, 1.54) is 16.2 Å². The standard InChI is InChI=1S/C13H18S/c1-11(2)9-10-12(3)14-13-7-5-4-6-8-13/h4-8,10-11H,9H2,1-3H3/b12-10-. The van der Waals surface area contributed by atoms with Crippen LogP contribution in [0.5, 0.6) is 0 Å². The van der Waals surface area contributed by atoms with Gasteiger partial charge >= 0.3 is 0 Å². The van der Waals surface area contributed by atoms with E-state index < -0.39 is 0 Å². The summed E-state index contributed by atoms with van der Waals surface area (Å²) in [6, 6.07) is 10.5. The topological polar surface area (TPSA) is 0 Å². The Bertz CT molecular complexity index is 285. The van der Waals surface area contributed by atoms with E-state index in [4.69, 9.17) is 0 Å². The second-order valence-corrected chi connectivity index (χ2v) is 5.18. The number of hydrogen-bond acceptors (Lipinski definition) is 1. The Hall–Kier alpha value is -0.690. The molecule has 0 fully saturated rings. The quantitative estimate of drug-likeness (QED) is 0.642. The maximum absolute atomic E-state index is 2.32. The van der Waals surface area contributed by atoms with Gasteiger partial charge in [0.1, 0.15) is 0 Å². The van der Waals surface area contributed by atoms with Gasteiger partial charge in [-0.25, -0.2) is 0 Å². The molecule has 1 aromatic rings. The van der Waals surface area contributed by atoms with E-state index in [1.54, 1.807) is 0 Å². The number of thioether (sulfide) groups is 1. The summed E-state index contributed by atoms with van der Waals surface area (Å²) in [5, 5.41) is 0. The van der Waals surface area contributed by atoms with Crippen molar-refractivity contribution in [3.05, 3.63) is 41.3 Å². The Labute approximate surface area is 91.4 Å². The second kappa shape index (κ2) is 5.92. The molecule has 1 rings (SSSR count). The van der Waals surface area contributed by atoms with Crippen molar-refractivity contribution in [2.45, 2.75) is 32.1 Å². The molecule has 76 valence electrons. The minimum Gasteiger partial charge on any atom is -0.0952 e. The van der Waals surface area contributed by atoms with Gasteiger partial charge in [-0.1, -0.05) is 49.9 Å². The molecule has 0 aliphatic heterocycles. The molecular weight excluding hydrogens is 188 g/mol. The smallest absolute Gasteiger partial charge is 0.0118 e. The van der Waals surface area contributed by atoms with Gasteiger partial charge < -0.3 is 0 Å². The van der Waals surface area contributed by atoms with Crippen LogP contribution >= 0.6 is 11.8 Å². The molecule has 0 radical (unpaired) electrons. The molecule has 0 saturated carbocycles. The third kappa shape index (κ3) is 4.52. The predicted octanol–water partition coefficient (Wildman–Crippen LogP) is 4.73. The molecule has 0 bridgehead atoms. The lowest BCUT2D eigenvalue weighted by atomic mass is 10.1. The van der Waals surface area contributed by atoms with Crippen molar-refractivity contribution in [1.82, 2.24) is 0 Å². The van der Waals surface area contributed by atoms with Crippen LogP contribution in [0.1, 0.15) is 27.2 Å². The van der Waals surface area contributed by atoms with Crippen LogP contribution in [0, 0.1) is 5.92 Å². The molecule has 14 heavy (non-hydrogen) atoms. The molecule has 0 unspecified atom stereocenters. The summed E-state index contributed by atoms with van der Waals surface area (Å²) in [6.45, 7) is 6.67. The van der Waals surface area contributed by atoms with Crippen LogP contribution in [0.15, 0.2) is 46.2 Å². The molecule has 0 amide bonds. The van der Waals surface area contributed by atoms with E-state index in [2.05, 4.69) is 57.2 Å². The number of benzene rings is 1. The minimum absolute atomic E-state index is 0.751. The van der Waals surface area contributed by atoms with Crippen LogP contribution in [-0.2, 0) is 0 Å². The fourth-order valence-electron chi connectivity index (χ4n) is 1.12. The van der Waals surface area contributed by atoms with Crippen molar-refractivity contribution >= 4 is 11.8 Å². The van der Waals surface area contributed by atoms with Gasteiger partial charge in [-0.2, -0.15) is 0 Å². The van der Waals surface area contributed by atoms with Gasteiger partial charge in [-0.3, -0.25) is 0 Å². The van der Waals surface area contributed by atoms with E-state index in [0.29, 0.717) is 0 Å². The first-order chi connectivity index (χ1) is 6.68. The van der Waals surface area contributed by atoms with E-state index in [-0.39, 0.29) is 0 Å². The summed E-state index contributed by atoms with van der Waals surface area (Å²) < 4.78 is 0. The highest BCUT2D eigenvalue weighted by molar-refractivity contribution is 8.03. The molecule has 1 heteroatoms. The Morgan fingerprint density at radius 1 is 1.29 bits per heavy atom. The summed E-state index contributed by atoms with van der Waals surface area (Å²) in [4.78, 5) is 2.72. The molecule has 1 aromatic carbocycles. The highest BCUT2D eigenvalue weighted by Crippen LogP contribution is 2.26. The molecule has 0 aromatic heterocycles. The molecule has 0 saturated heterocycles. The lowest BCUT2D eigenvalue weighted by molar-refractivity contribution is 0.663. The SMILES string of the molecule is C/C(=C/CC(C)C)Sc1ccccc1. The van der Waals surface area contributed by atoms with Gasteiger partial charge in [0, 0.05) is 4.90 Å². The number of rotatable bonds is 4. The van der Waals surface area contributed by atoms with Crippen molar-refractivity contribution in [1.29, 1.82) is 0 Å². The fraction of sp³-hybridized carbons (Fsp3) is 0.385. The number of hydrogen-bond donors (Lipinski definition) is 0. The molecule has 0 atom stereocenters. The summed E-state index contributed by atoms with van der Waals surface area (Å²) in [6.07, 6.45) is 3.49.